The van der Waals surface area contributed by atoms with Gasteiger partial charge in [0.1, 0.15) is 0 Å². The molecule has 2 heterocycles. The van der Waals surface area contributed by atoms with Crippen LogP contribution in [0, 0.1) is 10.1 Å². The molecule has 0 aromatic heterocycles. The molecule has 1 fully saturated rings. The van der Waals surface area contributed by atoms with Gasteiger partial charge in [-0.1, -0.05) is 79.7 Å². The fraction of sp³-hybridized carbons (Fsp3) is 0.333. The summed E-state index contributed by atoms with van der Waals surface area (Å²) < 4.78 is 5.19. The van der Waals surface area contributed by atoms with Gasteiger partial charge in [0.25, 0.3) is 5.69 Å². The Bertz CT molecular complexity index is 1580. The van der Waals surface area contributed by atoms with Crippen LogP contribution in [0.15, 0.2) is 107 Å². The van der Waals surface area contributed by atoms with Gasteiger partial charge < -0.3 is 14.5 Å². The minimum absolute atomic E-state index is 0.134. The maximum absolute atomic E-state index is 14.2. The Kier molecular flexibility index (Phi) is 9.48. The van der Waals surface area contributed by atoms with Crippen molar-refractivity contribution in [1.82, 2.24) is 9.96 Å². The van der Waals surface area contributed by atoms with Crippen LogP contribution in [0.1, 0.15) is 62.6 Å². The first-order valence-corrected chi connectivity index (χ1v) is 15.3. The number of non-ortho nitro benzene ring substituents is 1. The Morgan fingerprint density at radius 3 is 1.93 bits per heavy atom. The van der Waals surface area contributed by atoms with Crippen LogP contribution in [0.5, 0.6) is 0 Å². The van der Waals surface area contributed by atoms with Crippen LogP contribution < -0.4 is 0 Å². The van der Waals surface area contributed by atoms with Gasteiger partial charge in [0, 0.05) is 48.6 Å². The highest BCUT2D eigenvalue weighted by Crippen LogP contribution is 2.45. The summed E-state index contributed by atoms with van der Waals surface area (Å²) in [5, 5.41) is 13.4. The number of esters is 1. The van der Waals surface area contributed by atoms with Crippen LogP contribution in [0.2, 0.25) is 0 Å². The average Bonchev–Trinajstić information content (AvgIpc) is 3.07. The quantitative estimate of drug-likeness (QED) is 0.151. The molecule has 2 aliphatic heterocycles. The van der Waals surface area contributed by atoms with Gasteiger partial charge >= 0.3 is 11.9 Å². The van der Waals surface area contributed by atoms with E-state index in [4.69, 9.17) is 9.57 Å². The fourth-order valence-corrected chi connectivity index (χ4v) is 6.84. The predicted molar refractivity (Wildman–Crippen MR) is 171 cm³/mol. The molecule has 1 saturated heterocycles. The largest absolute Gasteiger partial charge is 0.466 e. The highest BCUT2D eigenvalue weighted by molar-refractivity contribution is 5.99. The number of hydroxylamine groups is 2. The lowest BCUT2D eigenvalue weighted by molar-refractivity contribution is -0.384. The molecule has 0 amide bonds. The molecule has 0 saturated carbocycles. The Hall–Kier alpha value is -4.76. The topological polar surface area (TPSA) is 102 Å². The second-order valence-electron chi connectivity index (χ2n) is 11.5. The Labute approximate surface area is 263 Å². The van der Waals surface area contributed by atoms with E-state index in [0.29, 0.717) is 36.6 Å². The number of nitro benzene ring substituents is 1. The van der Waals surface area contributed by atoms with Gasteiger partial charge in [-0.3, -0.25) is 10.1 Å². The van der Waals surface area contributed by atoms with Crippen molar-refractivity contribution < 1.29 is 24.1 Å². The summed E-state index contributed by atoms with van der Waals surface area (Å²) in [6.45, 7) is 7.23. The minimum atomic E-state index is -0.907. The van der Waals surface area contributed by atoms with E-state index in [0.717, 1.165) is 19.3 Å². The zero-order valence-corrected chi connectivity index (χ0v) is 26.2. The third-order valence-corrected chi connectivity index (χ3v) is 9.09. The number of carbonyl (C=O) groups is 2. The molecule has 9 nitrogen and oxygen atoms in total. The van der Waals surface area contributed by atoms with Crippen LogP contribution in [0.25, 0.3) is 0 Å². The third kappa shape index (κ3) is 6.13. The molecule has 0 spiro atoms. The zero-order chi connectivity index (χ0) is 32.1. The summed E-state index contributed by atoms with van der Waals surface area (Å²) in [4.78, 5) is 46.8. The molecule has 1 atom stereocenters. The van der Waals surface area contributed by atoms with Gasteiger partial charge in [-0.25, -0.2) is 9.59 Å². The van der Waals surface area contributed by atoms with Crippen molar-refractivity contribution in [2.24, 2.45) is 0 Å². The van der Waals surface area contributed by atoms with Crippen LogP contribution >= 0.6 is 0 Å². The molecule has 1 unspecified atom stereocenters. The molecule has 0 bridgehead atoms. The number of hydrogen-bond acceptors (Lipinski definition) is 8. The number of nitro groups is 1. The lowest BCUT2D eigenvalue weighted by Gasteiger charge is -2.42. The number of hydrogen-bond donors (Lipinski definition) is 0. The van der Waals surface area contributed by atoms with Crippen molar-refractivity contribution in [1.29, 1.82) is 0 Å². The van der Waals surface area contributed by atoms with E-state index in [2.05, 4.69) is 48.5 Å². The molecular weight excluding hydrogens is 570 g/mol. The number of carbonyl (C=O) groups excluding carboxylic acids is 2. The highest BCUT2D eigenvalue weighted by atomic mass is 16.7. The Balaban J connectivity index is 1.49. The van der Waals surface area contributed by atoms with Crippen molar-refractivity contribution in [2.45, 2.75) is 51.4 Å². The molecular formula is C36H39N3O6. The maximum atomic E-state index is 14.2. The second kappa shape index (κ2) is 13.5. The SMILES string of the molecule is CCCN1C(C)=C(C(=O)OC)C(c2cccc([N+](=O)[O-])c2)C(C(=O)ON2CCC(c3ccccc3)(c3ccccc3)CC2)=C1C. The molecule has 5 rings (SSSR count). The number of benzene rings is 3. The summed E-state index contributed by atoms with van der Waals surface area (Å²) in [5.41, 5.74) is 4.32. The molecule has 0 aliphatic carbocycles. The lowest BCUT2D eigenvalue weighted by Crippen LogP contribution is -2.45. The van der Waals surface area contributed by atoms with E-state index in [9.17, 15) is 19.7 Å². The number of allylic oxidation sites excluding steroid dienone is 2. The molecule has 3 aromatic rings. The fourth-order valence-electron chi connectivity index (χ4n) is 6.84. The van der Waals surface area contributed by atoms with Crippen molar-refractivity contribution >= 4 is 17.6 Å². The molecule has 2 aliphatic rings. The number of piperidine rings is 1. The summed E-state index contributed by atoms with van der Waals surface area (Å²) in [5.74, 6) is -2.10. The van der Waals surface area contributed by atoms with Gasteiger partial charge in [0.15, 0.2) is 0 Å². The first kappa shape index (κ1) is 31.7. The summed E-state index contributed by atoms with van der Waals surface area (Å²) in [6.07, 6.45) is 2.23. The van der Waals surface area contributed by atoms with Gasteiger partial charge in [-0.05, 0) is 49.8 Å². The van der Waals surface area contributed by atoms with Crippen LogP contribution in [-0.4, -0.2) is 53.6 Å². The van der Waals surface area contributed by atoms with E-state index in [1.165, 1.54) is 30.4 Å². The van der Waals surface area contributed by atoms with E-state index < -0.39 is 22.8 Å². The number of methoxy groups -OCH3 is 1. The first-order chi connectivity index (χ1) is 21.7. The molecule has 3 aromatic carbocycles. The van der Waals surface area contributed by atoms with E-state index in [1.54, 1.807) is 17.2 Å². The minimum Gasteiger partial charge on any atom is -0.466 e. The zero-order valence-electron chi connectivity index (χ0n) is 26.2. The first-order valence-electron chi connectivity index (χ1n) is 15.3. The Morgan fingerprint density at radius 2 is 1.42 bits per heavy atom. The maximum Gasteiger partial charge on any atom is 0.355 e. The van der Waals surface area contributed by atoms with Crippen molar-refractivity contribution in [2.75, 3.05) is 26.7 Å². The standard InChI is InChI=1S/C36H39N3O6/c1-5-21-38-25(2)31(34(40)44-4)33(27-13-12-18-30(24-27)39(42)43)32(26(38)3)35(41)45-37-22-19-36(20-23-37,28-14-8-6-9-15-28)29-16-10-7-11-17-29/h6-18,24,33H,5,19-23H2,1-4H3. The third-order valence-electron chi connectivity index (χ3n) is 9.09. The number of nitrogens with zero attached hydrogens (tertiary/aromatic N) is 3. The molecule has 234 valence electrons. The Morgan fingerprint density at radius 1 is 0.867 bits per heavy atom. The second-order valence-corrected chi connectivity index (χ2v) is 11.5. The number of rotatable bonds is 9. The molecule has 45 heavy (non-hydrogen) atoms. The lowest BCUT2D eigenvalue weighted by atomic mass is 9.68. The van der Waals surface area contributed by atoms with Crippen molar-refractivity contribution in [3.63, 3.8) is 0 Å². The van der Waals surface area contributed by atoms with Gasteiger partial charge in [-0.2, -0.15) is 0 Å². The van der Waals surface area contributed by atoms with Crippen molar-refractivity contribution in [3.8, 4) is 0 Å². The van der Waals surface area contributed by atoms with E-state index >= 15 is 0 Å². The van der Waals surface area contributed by atoms with Crippen LogP contribution in [0.4, 0.5) is 5.69 Å². The molecule has 0 radical (unpaired) electrons. The van der Waals surface area contributed by atoms with E-state index in [1.807, 2.05) is 37.8 Å². The van der Waals surface area contributed by atoms with Gasteiger partial charge in [-0.15, -0.1) is 5.06 Å². The normalized spacial score (nSPS) is 18.5. The summed E-state index contributed by atoms with van der Waals surface area (Å²) >= 11 is 0. The number of ether oxygens (including phenoxy) is 1. The van der Waals surface area contributed by atoms with E-state index in [-0.39, 0.29) is 22.2 Å². The van der Waals surface area contributed by atoms with Gasteiger partial charge in [0.2, 0.25) is 0 Å². The smallest absolute Gasteiger partial charge is 0.355 e. The van der Waals surface area contributed by atoms with Gasteiger partial charge in [0.05, 0.1) is 29.1 Å². The predicted octanol–water partition coefficient (Wildman–Crippen LogP) is 6.67. The summed E-state index contributed by atoms with van der Waals surface area (Å²) in [6, 6.07) is 26.9. The highest BCUT2D eigenvalue weighted by Gasteiger charge is 2.43. The molecule has 9 heteroatoms. The molecule has 0 N–H and O–H groups in total. The summed E-state index contributed by atoms with van der Waals surface area (Å²) in [7, 11) is 1.29. The monoisotopic (exact) mass is 609 g/mol. The average molecular weight is 610 g/mol. The van der Waals surface area contributed by atoms with Crippen LogP contribution in [-0.2, 0) is 24.6 Å². The van der Waals surface area contributed by atoms with Crippen LogP contribution in [0.3, 0.4) is 0 Å². The van der Waals surface area contributed by atoms with Crippen molar-refractivity contribution in [3.05, 3.63) is 134 Å².